The SMILES string of the molecule is CCc1ccc2[nH]c(=O)c([C@@H](c3nnnn3CCc3ccccc3)N(Cc3ccccc3)Cc3ccc(OC)cc3)cc2c1. The maximum atomic E-state index is 13.9. The van der Waals surface area contributed by atoms with Gasteiger partial charge in [-0.3, -0.25) is 9.69 Å². The van der Waals surface area contributed by atoms with E-state index < -0.39 is 6.04 Å². The Bertz CT molecular complexity index is 1870. The monoisotopic (exact) mass is 584 g/mol. The Morgan fingerprint density at radius 1 is 0.818 bits per heavy atom. The highest BCUT2D eigenvalue weighted by Crippen LogP contribution is 2.31. The van der Waals surface area contributed by atoms with Crippen LogP contribution in [0, 0.1) is 0 Å². The van der Waals surface area contributed by atoms with E-state index in [1.54, 1.807) is 7.11 Å². The summed E-state index contributed by atoms with van der Waals surface area (Å²) in [6.07, 6.45) is 1.67. The molecule has 2 aromatic heterocycles. The molecule has 0 unspecified atom stereocenters. The molecule has 8 nitrogen and oxygen atoms in total. The number of nitrogens with one attached hydrogen (secondary N) is 1. The number of aryl methyl sites for hydroxylation is 3. The largest absolute Gasteiger partial charge is 0.497 e. The number of rotatable bonds is 12. The van der Waals surface area contributed by atoms with Gasteiger partial charge in [0.25, 0.3) is 5.56 Å². The second kappa shape index (κ2) is 13.5. The van der Waals surface area contributed by atoms with Crippen molar-refractivity contribution in [2.45, 2.75) is 45.4 Å². The minimum atomic E-state index is -0.526. The van der Waals surface area contributed by atoms with Gasteiger partial charge in [0.2, 0.25) is 0 Å². The summed E-state index contributed by atoms with van der Waals surface area (Å²) in [6, 6.07) is 36.3. The Kier molecular flexibility index (Phi) is 8.89. The minimum absolute atomic E-state index is 0.155. The van der Waals surface area contributed by atoms with Crippen LogP contribution in [0.15, 0.2) is 114 Å². The molecule has 0 aliphatic heterocycles. The first-order valence-electron chi connectivity index (χ1n) is 15.0. The van der Waals surface area contributed by atoms with Crippen molar-refractivity contribution >= 4 is 10.9 Å². The molecule has 0 bridgehead atoms. The van der Waals surface area contributed by atoms with E-state index in [1.807, 2.05) is 65.3 Å². The Balaban J connectivity index is 1.49. The highest BCUT2D eigenvalue weighted by Gasteiger charge is 2.31. The highest BCUT2D eigenvalue weighted by molar-refractivity contribution is 5.80. The van der Waals surface area contributed by atoms with E-state index in [-0.39, 0.29) is 5.56 Å². The van der Waals surface area contributed by atoms with Crippen molar-refractivity contribution in [3.05, 3.63) is 153 Å². The fraction of sp³-hybridized carbons (Fsp3) is 0.222. The molecular weight excluding hydrogens is 548 g/mol. The van der Waals surface area contributed by atoms with E-state index in [0.29, 0.717) is 31.0 Å². The van der Waals surface area contributed by atoms with Crippen molar-refractivity contribution in [2.24, 2.45) is 0 Å². The van der Waals surface area contributed by atoms with E-state index in [1.165, 1.54) is 11.1 Å². The zero-order chi connectivity index (χ0) is 30.3. The molecule has 0 saturated heterocycles. The molecule has 0 saturated carbocycles. The summed E-state index contributed by atoms with van der Waals surface area (Å²) in [6.45, 7) is 3.85. The first kappa shape index (κ1) is 29.0. The maximum absolute atomic E-state index is 13.9. The quantitative estimate of drug-likeness (QED) is 0.186. The van der Waals surface area contributed by atoms with Gasteiger partial charge >= 0.3 is 0 Å². The first-order chi connectivity index (χ1) is 21.6. The summed E-state index contributed by atoms with van der Waals surface area (Å²) in [5.74, 6) is 1.42. The number of aromatic nitrogens is 5. The fourth-order valence-electron chi connectivity index (χ4n) is 5.66. The number of methoxy groups -OCH3 is 1. The number of tetrazole rings is 1. The van der Waals surface area contributed by atoms with Crippen molar-refractivity contribution in [1.29, 1.82) is 0 Å². The molecule has 1 atom stereocenters. The van der Waals surface area contributed by atoms with Crippen LogP contribution in [0.1, 0.15) is 46.6 Å². The van der Waals surface area contributed by atoms with E-state index >= 15 is 0 Å². The fourth-order valence-corrected chi connectivity index (χ4v) is 5.66. The summed E-state index contributed by atoms with van der Waals surface area (Å²) in [7, 11) is 1.66. The van der Waals surface area contributed by atoms with Crippen LogP contribution < -0.4 is 10.3 Å². The third-order valence-electron chi connectivity index (χ3n) is 8.04. The third kappa shape index (κ3) is 6.61. The molecule has 0 aliphatic carbocycles. The van der Waals surface area contributed by atoms with Crippen molar-refractivity contribution < 1.29 is 4.74 Å². The van der Waals surface area contributed by atoms with Crippen molar-refractivity contribution in [1.82, 2.24) is 30.1 Å². The average Bonchev–Trinajstić information content (AvgIpc) is 3.53. The van der Waals surface area contributed by atoms with Gasteiger partial charge in [-0.2, -0.15) is 0 Å². The smallest absolute Gasteiger partial charge is 0.253 e. The lowest BCUT2D eigenvalue weighted by atomic mass is 10.00. The van der Waals surface area contributed by atoms with E-state index in [4.69, 9.17) is 4.74 Å². The lowest BCUT2D eigenvalue weighted by Gasteiger charge is -2.31. The zero-order valence-electron chi connectivity index (χ0n) is 25.1. The molecule has 8 heteroatoms. The van der Waals surface area contributed by atoms with Gasteiger partial charge in [0.05, 0.1) is 7.11 Å². The molecule has 6 rings (SSSR count). The molecule has 44 heavy (non-hydrogen) atoms. The van der Waals surface area contributed by atoms with Gasteiger partial charge in [-0.1, -0.05) is 85.8 Å². The van der Waals surface area contributed by atoms with Gasteiger partial charge in [-0.15, -0.1) is 5.10 Å². The number of hydrogen-bond donors (Lipinski definition) is 1. The lowest BCUT2D eigenvalue weighted by Crippen LogP contribution is -2.35. The number of nitrogens with zero attached hydrogens (tertiary/aromatic N) is 5. The van der Waals surface area contributed by atoms with Crippen molar-refractivity contribution in [3.63, 3.8) is 0 Å². The van der Waals surface area contributed by atoms with E-state index in [2.05, 4.69) is 80.9 Å². The molecule has 0 radical (unpaired) electrons. The second-order valence-electron chi connectivity index (χ2n) is 11.0. The zero-order valence-corrected chi connectivity index (χ0v) is 25.1. The van der Waals surface area contributed by atoms with Crippen LogP contribution in [0.5, 0.6) is 5.75 Å². The molecular formula is C36H36N6O2. The number of hydrogen-bond acceptors (Lipinski definition) is 6. The normalized spacial score (nSPS) is 12.1. The standard InChI is InChI=1S/C36H36N6O2/c1-3-26-16-19-33-30(22-26)23-32(36(43)37-33)34(35-38-39-40-42(35)21-20-27-10-6-4-7-11-27)41(24-28-12-8-5-9-13-28)25-29-14-17-31(44-2)18-15-29/h4-19,22-23,34H,3,20-21,24-25H2,1-2H3,(H,37,43)/t34-/m0/s1. The van der Waals surface area contributed by atoms with Gasteiger partial charge in [0.1, 0.15) is 11.8 Å². The number of benzene rings is 4. The number of H-pyrrole nitrogens is 1. The van der Waals surface area contributed by atoms with Crippen molar-refractivity contribution in [2.75, 3.05) is 7.11 Å². The van der Waals surface area contributed by atoms with Crippen LogP contribution in [0.2, 0.25) is 0 Å². The predicted octanol–water partition coefficient (Wildman–Crippen LogP) is 6.12. The molecule has 0 fully saturated rings. The lowest BCUT2D eigenvalue weighted by molar-refractivity contribution is 0.193. The summed E-state index contributed by atoms with van der Waals surface area (Å²) in [5.41, 5.74) is 5.87. The van der Waals surface area contributed by atoms with Crippen LogP contribution in [0.25, 0.3) is 10.9 Å². The number of ether oxygens (including phenoxy) is 1. The van der Waals surface area contributed by atoms with Crippen LogP contribution in [-0.2, 0) is 32.5 Å². The minimum Gasteiger partial charge on any atom is -0.497 e. The summed E-state index contributed by atoms with van der Waals surface area (Å²) < 4.78 is 7.25. The van der Waals surface area contributed by atoms with Gasteiger partial charge in [-0.25, -0.2) is 4.68 Å². The Hall–Kier alpha value is -5.08. The first-order valence-corrected chi connectivity index (χ1v) is 15.0. The van der Waals surface area contributed by atoms with E-state index in [0.717, 1.165) is 40.6 Å². The molecule has 222 valence electrons. The second-order valence-corrected chi connectivity index (χ2v) is 11.0. The molecule has 4 aromatic carbocycles. The Morgan fingerprint density at radius 2 is 1.48 bits per heavy atom. The molecule has 0 spiro atoms. The van der Waals surface area contributed by atoms with Gasteiger partial charge in [0.15, 0.2) is 5.82 Å². The van der Waals surface area contributed by atoms with Crippen LogP contribution in [0.4, 0.5) is 0 Å². The molecule has 1 N–H and O–H groups in total. The Morgan fingerprint density at radius 3 is 2.16 bits per heavy atom. The Labute approximate surface area is 256 Å². The number of aromatic amines is 1. The van der Waals surface area contributed by atoms with Gasteiger partial charge in [0, 0.05) is 30.7 Å². The van der Waals surface area contributed by atoms with Gasteiger partial charge in [-0.05, 0) is 81.2 Å². The van der Waals surface area contributed by atoms with E-state index in [9.17, 15) is 4.79 Å². The van der Waals surface area contributed by atoms with Gasteiger partial charge < -0.3 is 9.72 Å². The summed E-state index contributed by atoms with van der Waals surface area (Å²) in [4.78, 5) is 19.4. The number of pyridine rings is 1. The summed E-state index contributed by atoms with van der Waals surface area (Å²) in [5, 5.41) is 14.1. The highest BCUT2D eigenvalue weighted by atomic mass is 16.5. The van der Waals surface area contributed by atoms with Crippen LogP contribution >= 0.6 is 0 Å². The van der Waals surface area contributed by atoms with Crippen LogP contribution in [-0.4, -0.2) is 37.2 Å². The molecule has 6 aromatic rings. The molecule has 0 aliphatic rings. The third-order valence-corrected chi connectivity index (χ3v) is 8.04. The maximum Gasteiger partial charge on any atom is 0.253 e. The molecule has 0 amide bonds. The summed E-state index contributed by atoms with van der Waals surface area (Å²) >= 11 is 0. The number of fused-ring (bicyclic) bond motifs is 1. The average molecular weight is 585 g/mol. The van der Waals surface area contributed by atoms with Crippen molar-refractivity contribution in [3.8, 4) is 5.75 Å². The topological polar surface area (TPSA) is 88.9 Å². The van der Waals surface area contributed by atoms with Crippen LogP contribution in [0.3, 0.4) is 0 Å². The molecule has 2 heterocycles. The predicted molar refractivity (Wildman–Crippen MR) is 172 cm³/mol.